The van der Waals surface area contributed by atoms with Gasteiger partial charge in [-0.2, -0.15) is 0 Å². The van der Waals surface area contributed by atoms with E-state index in [4.69, 9.17) is 0 Å². The zero-order valence-electron chi connectivity index (χ0n) is 14.2. The van der Waals surface area contributed by atoms with Crippen molar-refractivity contribution in [1.82, 2.24) is 19.9 Å². The standard InChI is InChI=1S/C18H25N5O/c1-2-6-17(24)23-12-5-3-4-7-14(13-23)21-16-9-8-15-18(22-16)20-11-10-19-15/h8-11,14H,2-7,12-13H2,1H3,(H,20,21,22). The lowest BCUT2D eigenvalue weighted by molar-refractivity contribution is -0.131. The normalized spacial score (nSPS) is 18.9. The molecule has 2 aromatic heterocycles. The van der Waals surface area contributed by atoms with Crippen molar-refractivity contribution in [3.05, 3.63) is 24.5 Å². The van der Waals surface area contributed by atoms with Gasteiger partial charge in [0.15, 0.2) is 5.65 Å². The van der Waals surface area contributed by atoms with E-state index in [2.05, 4.69) is 27.2 Å². The van der Waals surface area contributed by atoms with E-state index in [1.165, 1.54) is 12.8 Å². The first-order valence-electron chi connectivity index (χ1n) is 8.88. The van der Waals surface area contributed by atoms with E-state index >= 15 is 0 Å². The molecule has 1 aliphatic heterocycles. The van der Waals surface area contributed by atoms with Crippen LogP contribution in [0.15, 0.2) is 24.5 Å². The average Bonchev–Trinajstić information content (AvgIpc) is 2.57. The van der Waals surface area contributed by atoms with Gasteiger partial charge >= 0.3 is 0 Å². The molecule has 1 aliphatic rings. The van der Waals surface area contributed by atoms with E-state index in [0.717, 1.165) is 43.7 Å². The Hall–Kier alpha value is -2.24. The molecule has 1 fully saturated rings. The summed E-state index contributed by atoms with van der Waals surface area (Å²) in [5.74, 6) is 1.07. The molecule has 6 heteroatoms. The number of hydrogen-bond acceptors (Lipinski definition) is 5. The first kappa shape index (κ1) is 16.6. The first-order chi connectivity index (χ1) is 11.8. The van der Waals surface area contributed by atoms with Gasteiger partial charge in [0.05, 0.1) is 0 Å². The molecule has 1 N–H and O–H groups in total. The van der Waals surface area contributed by atoms with Gasteiger partial charge in [-0.3, -0.25) is 9.78 Å². The van der Waals surface area contributed by atoms with E-state index in [1.54, 1.807) is 12.4 Å². The summed E-state index contributed by atoms with van der Waals surface area (Å²) in [6.07, 6.45) is 9.37. The molecule has 1 unspecified atom stereocenters. The van der Waals surface area contributed by atoms with E-state index in [0.29, 0.717) is 12.1 Å². The monoisotopic (exact) mass is 327 g/mol. The van der Waals surface area contributed by atoms with Gasteiger partial charge < -0.3 is 10.2 Å². The summed E-state index contributed by atoms with van der Waals surface area (Å²) in [4.78, 5) is 27.4. The Morgan fingerprint density at radius 2 is 2.12 bits per heavy atom. The number of carbonyl (C=O) groups excluding carboxylic acids is 1. The number of anilines is 1. The topological polar surface area (TPSA) is 71.0 Å². The number of amides is 1. The Morgan fingerprint density at radius 1 is 1.25 bits per heavy atom. The van der Waals surface area contributed by atoms with Crippen molar-refractivity contribution >= 4 is 22.9 Å². The van der Waals surface area contributed by atoms with Crippen molar-refractivity contribution < 1.29 is 4.79 Å². The molecule has 6 nitrogen and oxygen atoms in total. The Labute approximate surface area is 142 Å². The zero-order chi connectivity index (χ0) is 16.8. The summed E-state index contributed by atoms with van der Waals surface area (Å²) in [5, 5.41) is 3.49. The first-order valence-corrected chi connectivity index (χ1v) is 8.88. The molecule has 0 spiro atoms. The fourth-order valence-electron chi connectivity index (χ4n) is 3.18. The second kappa shape index (κ2) is 8.04. The molecule has 1 amide bonds. The Kier molecular flexibility index (Phi) is 5.56. The molecule has 2 aromatic rings. The molecule has 3 rings (SSSR count). The molecule has 0 radical (unpaired) electrons. The van der Waals surface area contributed by atoms with Crippen LogP contribution in [0.25, 0.3) is 11.2 Å². The number of fused-ring (bicyclic) bond motifs is 1. The number of rotatable bonds is 4. The molecule has 0 bridgehead atoms. The van der Waals surface area contributed by atoms with E-state index in [1.807, 2.05) is 17.0 Å². The SMILES string of the molecule is CCCC(=O)N1CCCCCC(Nc2ccc3nccnc3n2)C1. The fraction of sp³-hybridized carbons (Fsp3) is 0.556. The lowest BCUT2D eigenvalue weighted by Crippen LogP contribution is -2.42. The van der Waals surface area contributed by atoms with Crippen LogP contribution in [0.2, 0.25) is 0 Å². The van der Waals surface area contributed by atoms with Crippen LogP contribution >= 0.6 is 0 Å². The van der Waals surface area contributed by atoms with Crippen LogP contribution in [-0.2, 0) is 4.79 Å². The summed E-state index contributed by atoms with van der Waals surface area (Å²) in [6, 6.07) is 4.10. The molecule has 1 atom stereocenters. The second-order valence-electron chi connectivity index (χ2n) is 6.38. The second-order valence-corrected chi connectivity index (χ2v) is 6.38. The van der Waals surface area contributed by atoms with Gasteiger partial charge in [0.2, 0.25) is 5.91 Å². The van der Waals surface area contributed by atoms with Crippen molar-refractivity contribution in [2.45, 2.75) is 51.5 Å². The van der Waals surface area contributed by atoms with Crippen molar-refractivity contribution in [2.24, 2.45) is 0 Å². The van der Waals surface area contributed by atoms with E-state index in [-0.39, 0.29) is 11.9 Å². The van der Waals surface area contributed by atoms with Gasteiger partial charge in [-0.25, -0.2) is 9.97 Å². The third kappa shape index (κ3) is 4.19. The number of pyridine rings is 1. The van der Waals surface area contributed by atoms with Gasteiger partial charge in [-0.05, 0) is 31.4 Å². The van der Waals surface area contributed by atoms with Crippen LogP contribution in [0.3, 0.4) is 0 Å². The third-order valence-corrected chi connectivity index (χ3v) is 4.42. The van der Waals surface area contributed by atoms with Crippen molar-refractivity contribution in [1.29, 1.82) is 0 Å². The van der Waals surface area contributed by atoms with Gasteiger partial charge in [-0.1, -0.05) is 19.8 Å². The molecule has 3 heterocycles. The number of aromatic nitrogens is 3. The highest BCUT2D eigenvalue weighted by atomic mass is 16.2. The average molecular weight is 327 g/mol. The number of carbonyl (C=O) groups is 1. The Balaban J connectivity index is 1.71. The molecule has 128 valence electrons. The zero-order valence-corrected chi connectivity index (χ0v) is 14.2. The van der Waals surface area contributed by atoms with Crippen LogP contribution in [-0.4, -0.2) is 44.9 Å². The van der Waals surface area contributed by atoms with E-state index in [9.17, 15) is 4.79 Å². The molecular weight excluding hydrogens is 302 g/mol. The van der Waals surface area contributed by atoms with Gasteiger partial charge in [0.1, 0.15) is 11.3 Å². The minimum absolute atomic E-state index is 0.229. The summed E-state index contributed by atoms with van der Waals surface area (Å²) < 4.78 is 0. The molecule has 0 aliphatic carbocycles. The minimum Gasteiger partial charge on any atom is -0.365 e. The van der Waals surface area contributed by atoms with Crippen LogP contribution in [0.1, 0.15) is 45.4 Å². The van der Waals surface area contributed by atoms with Gasteiger partial charge in [-0.15, -0.1) is 0 Å². The minimum atomic E-state index is 0.229. The van der Waals surface area contributed by atoms with Crippen molar-refractivity contribution in [2.75, 3.05) is 18.4 Å². The maximum atomic E-state index is 12.3. The van der Waals surface area contributed by atoms with E-state index < -0.39 is 0 Å². The van der Waals surface area contributed by atoms with Gasteiger partial charge in [0, 0.05) is 37.9 Å². The third-order valence-electron chi connectivity index (χ3n) is 4.42. The Bertz CT molecular complexity index is 690. The maximum absolute atomic E-state index is 12.3. The molecular formula is C18H25N5O. The highest BCUT2D eigenvalue weighted by Gasteiger charge is 2.20. The summed E-state index contributed by atoms with van der Waals surface area (Å²) in [6.45, 7) is 3.67. The lowest BCUT2D eigenvalue weighted by Gasteiger charge is -2.31. The molecule has 0 aromatic carbocycles. The number of hydrogen-bond donors (Lipinski definition) is 1. The van der Waals surface area contributed by atoms with Crippen LogP contribution in [0.4, 0.5) is 5.82 Å². The lowest BCUT2D eigenvalue weighted by atomic mass is 10.0. The van der Waals surface area contributed by atoms with Crippen molar-refractivity contribution in [3.8, 4) is 0 Å². The highest BCUT2D eigenvalue weighted by Crippen LogP contribution is 2.17. The van der Waals surface area contributed by atoms with Crippen LogP contribution in [0.5, 0.6) is 0 Å². The summed E-state index contributed by atoms with van der Waals surface area (Å²) in [5.41, 5.74) is 1.44. The number of nitrogens with zero attached hydrogens (tertiary/aromatic N) is 4. The molecule has 0 saturated carbocycles. The molecule has 1 saturated heterocycles. The van der Waals surface area contributed by atoms with Crippen LogP contribution < -0.4 is 5.32 Å². The van der Waals surface area contributed by atoms with Crippen LogP contribution in [0, 0.1) is 0 Å². The quantitative estimate of drug-likeness (QED) is 0.934. The molecule has 24 heavy (non-hydrogen) atoms. The maximum Gasteiger partial charge on any atom is 0.222 e. The predicted molar refractivity (Wildman–Crippen MR) is 94.7 cm³/mol. The smallest absolute Gasteiger partial charge is 0.222 e. The number of likely N-dealkylation sites (tertiary alicyclic amines) is 1. The Morgan fingerprint density at radius 3 is 3.00 bits per heavy atom. The number of nitrogens with one attached hydrogen (secondary N) is 1. The highest BCUT2D eigenvalue weighted by molar-refractivity contribution is 5.76. The largest absolute Gasteiger partial charge is 0.365 e. The van der Waals surface area contributed by atoms with Gasteiger partial charge in [0.25, 0.3) is 0 Å². The van der Waals surface area contributed by atoms with Crippen molar-refractivity contribution in [3.63, 3.8) is 0 Å². The summed E-state index contributed by atoms with van der Waals surface area (Å²) in [7, 11) is 0. The predicted octanol–water partition coefficient (Wildman–Crippen LogP) is 3.01. The fourth-order valence-corrected chi connectivity index (χ4v) is 3.18. The summed E-state index contributed by atoms with van der Waals surface area (Å²) >= 11 is 0.